The number of nitrogen functional groups attached to an aromatic ring is 1. The fraction of sp³-hybridized carbons (Fsp3) is 0.636. The maximum Gasteiger partial charge on any atom is 0.224 e. The highest BCUT2D eigenvalue weighted by atomic mass is 35.5. The minimum absolute atomic E-state index is 0.110. The zero-order valence-corrected chi connectivity index (χ0v) is 10.8. The Morgan fingerprint density at radius 3 is 3.06 bits per heavy atom. The first kappa shape index (κ1) is 12.4. The second-order valence-corrected chi connectivity index (χ2v) is 5.22. The molecule has 0 radical (unpaired) electrons. The molecule has 0 amide bonds. The van der Waals surface area contributed by atoms with E-state index in [9.17, 15) is 0 Å². The van der Waals surface area contributed by atoms with E-state index in [1.807, 2.05) is 0 Å². The number of rotatable bonds is 2. The van der Waals surface area contributed by atoms with Crippen LogP contribution in [0.3, 0.4) is 0 Å². The number of halogens is 1. The molecule has 1 aliphatic rings. The highest BCUT2D eigenvalue weighted by molar-refractivity contribution is 6.28. The zero-order chi connectivity index (χ0) is 12.5. The normalized spacial score (nSPS) is 23.4. The molecule has 94 valence electrons. The Hall–Kier alpha value is -1.07. The van der Waals surface area contributed by atoms with Crippen LogP contribution in [0.1, 0.15) is 26.7 Å². The summed E-state index contributed by atoms with van der Waals surface area (Å²) in [6.45, 7) is 4.90. The van der Waals surface area contributed by atoms with Gasteiger partial charge < -0.3 is 15.8 Å². The summed E-state index contributed by atoms with van der Waals surface area (Å²) in [5.74, 6) is 0.604. The lowest BCUT2D eigenvalue weighted by Crippen LogP contribution is -2.40. The van der Waals surface area contributed by atoms with Gasteiger partial charge in [0.05, 0.1) is 17.5 Å². The third kappa shape index (κ3) is 3.20. The summed E-state index contributed by atoms with van der Waals surface area (Å²) in [6, 6.07) is 0.298. The van der Waals surface area contributed by atoms with Crippen molar-refractivity contribution in [2.45, 2.75) is 38.3 Å². The van der Waals surface area contributed by atoms with Crippen LogP contribution in [-0.4, -0.2) is 28.2 Å². The van der Waals surface area contributed by atoms with E-state index < -0.39 is 0 Å². The molecule has 17 heavy (non-hydrogen) atoms. The lowest BCUT2D eigenvalue weighted by atomic mass is 9.94. The lowest BCUT2D eigenvalue weighted by Gasteiger charge is -2.36. The van der Waals surface area contributed by atoms with Crippen LogP contribution in [0.25, 0.3) is 0 Å². The van der Waals surface area contributed by atoms with Gasteiger partial charge in [-0.05, 0) is 38.3 Å². The first-order valence-corrected chi connectivity index (χ1v) is 6.02. The molecule has 2 rings (SSSR count). The molecule has 5 nitrogen and oxygen atoms in total. The fourth-order valence-corrected chi connectivity index (χ4v) is 2.17. The van der Waals surface area contributed by atoms with Crippen molar-refractivity contribution in [2.24, 2.45) is 0 Å². The van der Waals surface area contributed by atoms with Crippen LogP contribution in [0.15, 0.2) is 6.20 Å². The molecule has 1 fully saturated rings. The molecule has 1 aliphatic heterocycles. The van der Waals surface area contributed by atoms with Crippen molar-refractivity contribution in [2.75, 3.05) is 17.7 Å². The standard InChI is InChI=1S/C11H17ClN4O/c1-11(2)5-7(3-4-17-11)15-9-8(13)6-14-10(12)16-9/h6-7H,3-5,13H2,1-2H3,(H,14,15,16). The summed E-state index contributed by atoms with van der Waals surface area (Å²) in [7, 11) is 0. The molecule has 0 bridgehead atoms. The van der Waals surface area contributed by atoms with Gasteiger partial charge in [0.1, 0.15) is 0 Å². The molecule has 6 heteroatoms. The van der Waals surface area contributed by atoms with Gasteiger partial charge in [-0.15, -0.1) is 0 Å². The van der Waals surface area contributed by atoms with Crippen molar-refractivity contribution in [3.63, 3.8) is 0 Å². The Morgan fingerprint density at radius 1 is 1.59 bits per heavy atom. The molecule has 1 aromatic heterocycles. The summed E-state index contributed by atoms with van der Waals surface area (Å²) in [6.07, 6.45) is 3.36. The van der Waals surface area contributed by atoms with Crippen molar-refractivity contribution in [1.82, 2.24) is 9.97 Å². The van der Waals surface area contributed by atoms with Crippen molar-refractivity contribution >= 4 is 23.1 Å². The third-order valence-electron chi connectivity index (χ3n) is 2.83. The monoisotopic (exact) mass is 256 g/mol. The lowest BCUT2D eigenvalue weighted by molar-refractivity contribution is -0.0553. The van der Waals surface area contributed by atoms with Gasteiger partial charge in [0.25, 0.3) is 0 Å². The number of nitrogens with one attached hydrogen (secondary N) is 1. The maximum absolute atomic E-state index is 5.80. The quantitative estimate of drug-likeness (QED) is 0.793. The SMILES string of the molecule is CC1(C)CC(Nc2nc(Cl)ncc2N)CCO1. The number of nitrogens with zero attached hydrogens (tertiary/aromatic N) is 2. The number of hydrogen-bond donors (Lipinski definition) is 2. The first-order chi connectivity index (χ1) is 7.96. The largest absolute Gasteiger partial charge is 0.394 e. The molecule has 0 aromatic carbocycles. The molecule has 1 saturated heterocycles. The van der Waals surface area contributed by atoms with Crippen LogP contribution in [-0.2, 0) is 4.74 Å². The Labute approximate surface area is 106 Å². The molecule has 1 unspecified atom stereocenters. The second kappa shape index (κ2) is 4.66. The number of aromatic nitrogens is 2. The van der Waals surface area contributed by atoms with Crippen molar-refractivity contribution in [3.8, 4) is 0 Å². The van der Waals surface area contributed by atoms with Gasteiger partial charge in [0, 0.05) is 12.6 Å². The van der Waals surface area contributed by atoms with Gasteiger partial charge in [-0.3, -0.25) is 0 Å². The highest BCUT2D eigenvalue weighted by Gasteiger charge is 2.29. The molecule has 0 saturated carbocycles. The number of ether oxygens (including phenoxy) is 1. The minimum Gasteiger partial charge on any atom is -0.394 e. The molecule has 1 atom stereocenters. The molecular weight excluding hydrogens is 240 g/mol. The Balaban J connectivity index is 2.07. The minimum atomic E-state index is -0.110. The van der Waals surface area contributed by atoms with Gasteiger partial charge in [-0.1, -0.05) is 0 Å². The molecule has 2 heterocycles. The number of hydrogen-bond acceptors (Lipinski definition) is 5. The predicted molar refractivity (Wildman–Crippen MR) is 68.1 cm³/mol. The van der Waals surface area contributed by atoms with Gasteiger partial charge in [0.15, 0.2) is 5.82 Å². The van der Waals surface area contributed by atoms with E-state index in [1.54, 1.807) is 0 Å². The second-order valence-electron chi connectivity index (χ2n) is 4.89. The topological polar surface area (TPSA) is 73.1 Å². The first-order valence-electron chi connectivity index (χ1n) is 5.65. The van der Waals surface area contributed by atoms with Gasteiger partial charge in [0.2, 0.25) is 5.28 Å². The van der Waals surface area contributed by atoms with Crippen LogP contribution in [0.5, 0.6) is 0 Å². The van der Waals surface area contributed by atoms with Crippen LogP contribution < -0.4 is 11.1 Å². The van der Waals surface area contributed by atoms with Crippen molar-refractivity contribution in [1.29, 1.82) is 0 Å². The van der Waals surface area contributed by atoms with Crippen molar-refractivity contribution in [3.05, 3.63) is 11.5 Å². The van der Waals surface area contributed by atoms with E-state index in [4.69, 9.17) is 22.1 Å². The molecule has 1 aromatic rings. The highest BCUT2D eigenvalue weighted by Crippen LogP contribution is 2.27. The van der Waals surface area contributed by atoms with Crippen LogP contribution in [0, 0.1) is 0 Å². The van der Waals surface area contributed by atoms with Gasteiger partial charge in [-0.25, -0.2) is 4.98 Å². The van der Waals surface area contributed by atoms with E-state index in [-0.39, 0.29) is 10.9 Å². The average Bonchev–Trinajstić information content (AvgIpc) is 2.22. The summed E-state index contributed by atoms with van der Waals surface area (Å²) in [5.41, 5.74) is 6.20. The van der Waals surface area contributed by atoms with E-state index in [2.05, 4.69) is 29.1 Å². The summed E-state index contributed by atoms with van der Waals surface area (Å²) in [4.78, 5) is 7.92. The van der Waals surface area contributed by atoms with Crippen LogP contribution >= 0.6 is 11.6 Å². The Morgan fingerprint density at radius 2 is 2.35 bits per heavy atom. The van der Waals surface area contributed by atoms with E-state index >= 15 is 0 Å². The molecular formula is C11H17ClN4O. The summed E-state index contributed by atoms with van der Waals surface area (Å²) >= 11 is 5.75. The average molecular weight is 257 g/mol. The Bertz CT molecular complexity index is 410. The van der Waals surface area contributed by atoms with Gasteiger partial charge in [-0.2, -0.15) is 4.98 Å². The Kier molecular flexibility index (Phi) is 3.40. The number of nitrogens with two attached hydrogens (primary N) is 1. The zero-order valence-electron chi connectivity index (χ0n) is 10.0. The number of anilines is 2. The van der Waals surface area contributed by atoms with E-state index in [0.717, 1.165) is 19.4 Å². The third-order valence-corrected chi connectivity index (χ3v) is 3.01. The maximum atomic E-state index is 5.80. The fourth-order valence-electron chi connectivity index (χ4n) is 2.03. The van der Waals surface area contributed by atoms with Gasteiger partial charge >= 0.3 is 0 Å². The molecule has 0 spiro atoms. The van der Waals surface area contributed by atoms with Crippen LogP contribution in [0.4, 0.5) is 11.5 Å². The summed E-state index contributed by atoms with van der Waals surface area (Å²) < 4.78 is 5.66. The molecule has 3 N–H and O–H groups in total. The van der Waals surface area contributed by atoms with E-state index in [0.29, 0.717) is 17.5 Å². The van der Waals surface area contributed by atoms with Crippen molar-refractivity contribution < 1.29 is 4.74 Å². The molecule has 0 aliphatic carbocycles. The predicted octanol–water partition coefficient (Wildman–Crippen LogP) is 2.08. The smallest absolute Gasteiger partial charge is 0.224 e. The van der Waals surface area contributed by atoms with Crippen LogP contribution in [0.2, 0.25) is 5.28 Å². The summed E-state index contributed by atoms with van der Waals surface area (Å²) in [5, 5.41) is 3.51. The van der Waals surface area contributed by atoms with E-state index in [1.165, 1.54) is 6.20 Å².